The summed E-state index contributed by atoms with van der Waals surface area (Å²) in [5, 5.41) is 0. The molecule has 0 spiro atoms. The van der Waals surface area contributed by atoms with Crippen molar-refractivity contribution in [1.29, 1.82) is 0 Å². The molecular formula is C12H15N3. The van der Waals surface area contributed by atoms with Crippen LogP contribution in [0, 0.1) is 0 Å². The van der Waals surface area contributed by atoms with Gasteiger partial charge in [-0.05, 0) is 43.4 Å². The summed E-state index contributed by atoms with van der Waals surface area (Å²) >= 11 is 0. The van der Waals surface area contributed by atoms with Gasteiger partial charge in [0.05, 0.1) is 11.8 Å². The van der Waals surface area contributed by atoms with E-state index in [0.717, 1.165) is 12.8 Å². The standard InChI is InChI=1S/C12H15N3/c13-12(5-6-12)4-1-10-3-8-15-9-14-7-2-11(10)15/h2-3,7-9H,1,4-6,13H2. The molecule has 2 heterocycles. The first-order chi connectivity index (χ1) is 7.27. The van der Waals surface area contributed by atoms with Crippen molar-refractivity contribution in [2.75, 3.05) is 0 Å². The Bertz CT molecular complexity index is 482. The second kappa shape index (κ2) is 3.07. The summed E-state index contributed by atoms with van der Waals surface area (Å²) in [5.41, 5.74) is 8.88. The van der Waals surface area contributed by atoms with Crippen molar-refractivity contribution in [2.24, 2.45) is 5.73 Å². The molecule has 3 nitrogen and oxygen atoms in total. The molecule has 0 saturated heterocycles. The molecule has 3 heteroatoms. The van der Waals surface area contributed by atoms with Crippen molar-refractivity contribution in [3.8, 4) is 0 Å². The fraction of sp³-hybridized carbons (Fsp3) is 0.417. The minimum absolute atomic E-state index is 0.154. The van der Waals surface area contributed by atoms with Crippen molar-refractivity contribution < 1.29 is 0 Å². The Morgan fingerprint density at radius 3 is 3.07 bits per heavy atom. The lowest BCUT2D eigenvalue weighted by Gasteiger charge is -2.06. The third kappa shape index (κ3) is 1.63. The minimum Gasteiger partial charge on any atom is -0.325 e. The van der Waals surface area contributed by atoms with Crippen LogP contribution >= 0.6 is 0 Å². The van der Waals surface area contributed by atoms with E-state index in [9.17, 15) is 0 Å². The molecule has 0 unspecified atom stereocenters. The van der Waals surface area contributed by atoms with Gasteiger partial charge in [-0.15, -0.1) is 0 Å². The molecule has 0 radical (unpaired) electrons. The SMILES string of the molecule is NC1(CCc2ccn3cnccc23)CC1. The van der Waals surface area contributed by atoms with E-state index >= 15 is 0 Å². The highest BCUT2D eigenvalue weighted by atomic mass is 14.9. The Balaban J connectivity index is 1.84. The lowest BCUT2D eigenvalue weighted by atomic mass is 10.1. The maximum atomic E-state index is 6.09. The molecule has 0 aromatic carbocycles. The average molecular weight is 201 g/mol. The van der Waals surface area contributed by atoms with E-state index in [1.807, 2.05) is 12.5 Å². The summed E-state index contributed by atoms with van der Waals surface area (Å²) in [5.74, 6) is 0. The molecule has 0 aliphatic heterocycles. The fourth-order valence-corrected chi connectivity index (χ4v) is 2.03. The summed E-state index contributed by atoms with van der Waals surface area (Å²) in [6.07, 6.45) is 10.3. The van der Waals surface area contributed by atoms with Crippen LogP contribution in [-0.4, -0.2) is 14.9 Å². The third-order valence-corrected chi connectivity index (χ3v) is 3.34. The molecule has 78 valence electrons. The number of hydrogen-bond donors (Lipinski definition) is 1. The first kappa shape index (κ1) is 8.92. The normalized spacial score (nSPS) is 18.2. The number of rotatable bonds is 3. The average Bonchev–Trinajstić information content (AvgIpc) is 2.86. The lowest BCUT2D eigenvalue weighted by molar-refractivity contribution is 0.611. The summed E-state index contributed by atoms with van der Waals surface area (Å²) in [4.78, 5) is 4.09. The Morgan fingerprint density at radius 1 is 1.40 bits per heavy atom. The number of aromatic nitrogens is 2. The van der Waals surface area contributed by atoms with Gasteiger partial charge in [0, 0.05) is 17.9 Å². The topological polar surface area (TPSA) is 43.3 Å². The molecule has 1 saturated carbocycles. The molecule has 2 N–H and O–H groups in total. The highest BCUT2D eigenvalue weighted by Gasteiger charge is 2.37. The predicted molar refractivity (Wildman–Crippen MR) is 59.7 cm³/mol. The van der Waals surface area contributed by atoms with Crippen LogP contribution in [0.25, 0.3) is 5.52 Å². The van der Waals surface area contributed by atoms with Crippen molar-refractivity contribution in [1.82, 2.24) is 9.38 Å². The minimum atomic E-state index is 0.154. The van der Waals surface area contributed by atoms with Crippen LogP contribution in [0.3, 0.4) is 0 Å². The zero-order valence-corrected chi connectivity index (χ0v) is 8.69. The summed E-state index contributed by atoms with van der Waals surface area (Å²) in [7, 11) is 0. The Hall–Kier alpha value is -1.35. The van der Waals surface area contributed by atoms with Gasteiger partial charge in [0.15, 0.2) is 0 Å². The second-order valence-corrected chi connectivity index (χ2v) is 4.58. The molecule has 1 fully saturated rings. The quantitative estimate of drug-likeness (QED) is 0.822. The lowest BCUT2D eigenvalue weighted by Crippen LogP contribution is -2.21. The Labute approximate surface area is 88.9 Å². The van der Waals surface area contributed by atoms with E-state index in [2.05, 4.69) is 27.7 Å². The maximum Gasteiger partial charge on any atom is 0.0990 e. The number of aryl methyl sites for hydroxylation is 1. The third-order valence-electron chi connectivity index (χ3n) is 3.34. The predicted octanol–water partition coefficient (Wildman–Crippen LogP) is 1.76. The van der Waals surface area contributed by atoms with Crippen molar-refractivity contribution >= 4 is 5.52 Å². The van der Waals surface area contributed by atoms with E-state index in [1.54, 1.807) is 0 Å². The maximum absolute atomic E-state index is 6.09. The van der Waals surface area contributed by atoms with Gasteiger partial charge in [0.2, 0.25) is 0 Å². The first-order valence-corrected chi connectivity index (χ1v) is 5.45. The molecule has 1 aliphatic rings. The van der Waals surface area contributed by atoms with Gasteiger partial charge >= 0.3 is 0 Å². The van der Waals surface area contributed by atoms with Crippen LogP contribution in [0.2, 0.25) is 0 Å². The monoisotopic (exact) mass is 201 g/mol. The zero-order valence-electron chi connectivity index (χ0n) is 8.69. The van der Waals surface area contributed by atoms with Crippen molar-refractivity contribution in [2.45, 2.75) is 31.2 Å². The largest absolute Gasteiger partial charge is 0.325 e. The van der Waals surface area contributed by atoms with E-state index in [1.165, 1.54) is 23.9 Å². The van der Waals surface area contributed by atoms with Gasteiger partial charge in [-0.25, -0.2) is 4.98 Å². The van der Waals surface area contributed by atoms with Crippen molar-refractivity contribution in [3.63, 3.8) is 0 Å². The van der Waals surface area contributed by atoms with Gasteiger partial charge in [0.1, 0.15) is 0 Å². The zero-order chi connectivity index (χ0) is 10.3. The van der Waals surface area contributed by atoms with Crippen LogP contribution in [-0.2, 0) is 6.42 Å². The second-order valence-electron chi connectivity index (χ2n) is 4.58. The molecular weight excluding hydrogens is 186 g/mol. The van der Waals surface area contributed by atoms with Crippen LogP contribution < -0.4 is 5.73 Å². The van der Waals surface area contributed by atoms with Crippen LogP contribution in [0.5, 0.6) is 0 Å². The molecule has 3 rings (SSSR count). The number of nitrogens with zero attached hydrogens (tertiary/aromatic N) is 2. The van der Waals surface area contributed by atoms with Gasteiger partial charge < -0.3 is 10.1 Å². The molecule has 0 bridgehead atoms. The van der Waals surface area contributed by atoms with Crippen LogP contribution in [0.1, 0.15) is 24.8 Å². The summed E-state index contributed by atoms with van der Waals surface area (Å²) in [6.45, 7) is 0. The van der Waals surface area contributed by atoms with E-state index in [4.69, 9.17) is 5.73 Å². The molecule has 1 aliphatic carbocycles. The summed E-state index contributed by atoms with van der Waals surface area (Å²) < 4.78 is 2.06. The highest BCUT2D eigenvalue weighted by Crippen LogP contribution is 2.36. The van der Waals surface area contributed by atoms with Gasteiger partial charge in [-0.3, -0.25) is 0 Å². The van der Waals surface area contributed by atoms with Gasteiger partial charge in [-0.1, -0.05) is 0 Å². The molecule has 2 aromatic heterocycles. The van der Waals surface area contributed by atoms with Crippen LogP contribution in [0.15, 0.2) is 30.9 Å². The van der Waals surface area contributed by atoms with E-state index < -0.39 is 0 Å². The summed E-state index contributed by atoms with van der Waals surface area (Å²) in [6, 6.07) is 4.23. The Morgan fingerprint density at radius 2 is 2.27 bits per heavy atom. The first-order valence-electron chi connectivity index (χ1n) is 5.45. The number of nitrogens with two attached hydrogens (primary N) is 1. The van der Waals surface area contributed by atoms with E-state index in [0.29, 0.717) is 0 Å². The number of hydrogen-bond acceptors (Lipinski definition) is 2. The smallest absolute Gasteiger partial charge is 0.0990 e. The van der Waals surface area contributed by atoms with Gasteiger partial charge in [0.25, 0.3) is 0 Å². The molecule has 0 amide bonds. The van der Waals surface area contributed by atoms with E-state index in [-0.39, 0.29) is 5.54 Å². The number of fused-ring (bicyclic) bond motifs is 1. The fourth-order valence-electron chi connectivity index (χ4n) is 2.03. The van der Waals surface area contributed by atoms with Gasteiger partial charge in [-0.2, -0.15) is 0 Å². The molecule has 0 atom stereocenters. The molecule has 2 aromatic rings. The van der Waals surface area contributed by atoms with Crippen LogP contribution in [0.4, 0.5) is 0 Å². The Kier molecular flexibility index (Phi) is 1.83. The van der Waals surface area contributed by atoms with Crippen molar-refractivity contribution in [3.05, 3.63) is 36.4 Å². The highest BCUT2D eigenvalue weighted by molar-refractivity contribution is 5.54. The molecule has 15 heavy (non-hydrogen) atoms.